The van der Waals surface area contributed by atoms with Crippen molar-refractivity contribution in [2.45, 2.75) is 12.4 Å². The molecule has 0 saturated carbocycles. The molecule has 1 amide bonds. The zero-order valence-corrected chi connectivity index (χ0v) is 15.7. The van der Waals surface area contributed by atoms with Gasteiger partial charge in [-0.2, -0.15) is 26.3 Å². The summed E-state index contributed by atoms with van der Waals surface area (Å²) < 4.78 is 83.4. The van der Waals surface area contributed by atoms with Crippen LogP contribution in [0.3, 0.4) is 0 Å². The molecule has 0 bridgehead atoms. The van der Waals surface area contributed by atoms with Crippen LogP contribution in [0.2, 0.25) is 0 Å². The molecule has 2 aromatic rings. The van der Waals surface area contributed by atoms with Crippen LogP contribution in [0.1, 0.15) is 11.1 Å². The summed E-state index contributed by atoms with van der Waals surface area (Å²) in [6, 6.07) is 1.03. The third-order valence-electron chi connectivity index (χ3n) is 4.45. The van der Waals surface area contributed by atoms with E-state index in [1.165, 1.54) is 12.0 Å². The number of benzene rings is 1. The molecule has 1 aromatic carbocycles. The highest BCUT2D eigenvalue weighted by atomic mass is 19.4. The molecule has 0 radical (unpaired) electrons. The van der Waals surface area contributed by atoms with E-state index in [4.69, 9.17) is 0 Å². The number of ether oxygens (including phenoxy) is 1. The zero-order chi connectivity index (χ0) is 23.0. The summed E-state index contributed by atoms with van der Waals surface area (Å²) >= 11 is 0. The molecule has 1 aliphatic rings. The Hall–Kier alpha value is -3.38. The number of hydrogen-bond donors (Lipinski definition) is 0. The normalized spacial score (nSPS) is 15.3. The number of esters is 1. The molecular formula is C18H14F6N4O3. The van der Waals surface area contributed by atoms with Crippen LogP contribution in [0.25, 0.3) is 17.6 Å². The van der Waals surface area contributed by atoms with Gasteiger partial charge in [-0.15, -0.1) is 5.10 Å². The van der Waals surface area contributed by atoms with Crippen LogP contribution < -0.4 is 0 Å². The van der Waals surface area contributed by atoms with Gasteiger partial charge in [-0.1, -0.05) is 0 Å². The summed E-state index contributed by atoms with van der Waals surface area (Å²) in [5.74, 6) is -1.70. The minimum absolute atomic E-state index is 0.00766. The molecule has 31 heavy (non-hydrogen) atoms. The van der Waals surface area contributed by atoms with Crippen molar-refractivity contribution >= 4 is 18.1 Å². The fourth-order valence-corrected chi connectivity index (χ4v) is 2.78. The van der Waals surface area contributed by atoms with Gasteiger partial charge in [0.25, 0.3) is 0 Å². The lowest BCUT2D eigenvalue weighted by Crippen LogP contribution is -2.52. The fraction of sp³-hybridized carbons (Fsp3) is 0.333. The smallest absolute Gasteiger partial charge is 0.416 e. The molecule has 1 aliphatic heterocycles. The lowest BCUT2D eigenvalue weighted by molar-refractivity contribution is -0.154. The summed E-state index contributed by atoms with van der Waals surface area (Å²) in [6.07, 6.45) is -6.74. The molecule has 3 rings (SSSR count). The van der Waals surface area contributed by atoms with E-state index < -0.39 is 46.8 Å². The maximum Gasteiger partial charge on any atom is 0.416 e. The molecule has 0 unspecified atom stereocenters. The highest BCUT2D eigenvalue weighted by Crippen LogP contribution is 2.38. The first-order valence-electron chi connectivity index (χ1n) is 8.64. The van der Waals surface area contributed by atoms with Crippen LogP contribution in [0.15, 0.2) is 30.6 Å². The maximum atomic E-state index is 13.0. The number of aromatic nitrogens is 3. The maximum absolute atomic E-state index is 13.0. The molecule has 1 fully saturated rings. The zero-order valence-electron chi connectivity index (χ0n) is 15.7. The second-order valence-electron chi connectivity index (χ2n) is 6.62. The Morgan fingerprint density at radius 3 is 2.16 bits per heavy atom. The molecule has 13 heteroatoms. The topological polar surface area (TPSA) is 77.3 Å². The van der Waals surface area contributed by atoms with E-state index in [1.54, 1.807) is 0 Å². The molecule has 1 saturated heterocycles. The molecule has 1 aromatic heterocycles. The van der Waals surface area contributed by atoms with Gasteiger partial charge >= 0.3 is 18.3 Å². The third kappa shape index (κ3) is 5.03. The van der Waals surface area contributed by atoms with Crippen LogP contribution in [0.5, 0.6) is 0 Å². The van der Waals surface area contributed by atoms with E-state index in [-0.39, 0.29) is 25.0 Å². The largest absolute Gasteiger partial charge is 0.469 e. The van der Waals surface area contributed by atoms with Gasteiger partial charge in [0, 0.05) is 30.9 Å². The number of likely N-dealkylation sites (tertiary alicyclic amines) is 1. The van der Waals surface area contributed by atoms with Gasteiger partial charge in [0.15, 0.2) is 5.82 Å². The molecule has 166 valence electrons. The monoisotopic (exact) mass is 448 g/mol. The van der Waals surface area contributed by atoms with Crippen molar-refractivity contribution in [1.82, 2.24) is 19.7 Å². The van der Waals surface area contributed by atoms with Crippen LogP contribution in [0, 0.1) is 5.92 Å². The lowest BCUT2D eigenvalue weighted by Gasteiger charge is -2.36. The molecule has 0 spiro atoms. The van der Waals surface area contributed by atoms with E-state index in [0.717, 1.165) is 23.3 Å². The van der Waals surface area contributed by atoms with Crippen molar-refractivity contribution in [3.63, 3.8) is 0 Å². The predicted octanol–water partition coefficient (Wildman–Crippen LogP) is 3.08. The van der Waals surface area contributed by atoms with Gasteiger partial charge in [0.05, 0.1) is 24.2 Å². The SMILES string of the molecule is COC(=O)C1CN(C(=O)C=Cn2cnc(-c3cc(C(F)(F)F)cc(C(F)(F)F)c3)n2)C1. The Bertz CT molecular complexity index is 990. The summed E-state index contributed by atoms with van der Waals surface area (Å²) in [6.45, 7) is 0.339. The quantitative estimate of drug-likeness (QED) is 0.408. The first-order valence-corrected chi connectivity index (χ1v) is 8.64. The van der Waals surface area contributed by atoms with Gasteiger partial charge in [0.1, 0.15) is 6.33 Å². The number of carbonyl (C=O) groups excluding carboxylic acids is 2. The number of carbonyl (C=O) groups is 2. The van der Waals surface area contributed by atoms with Crippen molar-refractivity contribution in [2.75, 3.05) is 20.2 Å². The van der Waals surface area contributed by atoms with Crippen molar-refractivity contribution in [2.24, 2.45) is 5.92 Å². The summed E-state index contributed by atoms with van der Waals surface area (Å²) in [7, 11) is 1.23. The highest BCUT2D eigenvalue weighted by molar-refractivity contribution is 5.92. The lowest BCUT2D eigenvalue weighted by atomic mass is 10.0. The number of halogens is 6. The standard InChI is InChI=1S/C18H14F6N4O3/c1-31-16(30)11-7-27(8-11)14(29)2-3-28-9-25-15(26-28)10-4-12(17(19,20)21)6-13(5-10)18(22,23)24/h2-6,9,11H,7-8H2,1H3. The number of methoxy groups -OCH3 is 1. The van der Waals surface area contributed by atoms with Crippen LogP contribution in [0.4, 0.5) is 26.3 Å². The summed E-state index contributed by atoms with van der Waals surface area (Å²) in [5, 5.41) is 3.80. The Morgan fingerprint density at radius 1 is 1.06 bits per heavy atom. The number of amides is 1. The highest BCUT2D eigenvalue weighted by Gasteiger charge is 2.37. The summed E-state index contributed by atoms with van der Waals surface area (Å²) in [4.78, 5) is 28.4. The molecule has 7 nitrogen and oxygen atoms in total. The van der Waals surface area contributed by atoms with Crippen molar-refractivity contribution in [1.29, 1.82) is 0 Å². The van der Waals surface area contributed by atoms with Crippen LogP contribution in [-0.4, -0.2) is 51.7 Å². The van der Waals surface area contributed by atoms with E-state index in [2.05, 4.69) is 14.8 Å². The Balaban J connectivity index is 1.77. The molecule has 0 N–H and O–H groups in total. The second kappa shape index (κ2) is 8.04. The number of alkyl halides is 6. The second-order valence-corrected chi connectivity index (χ2v) is 6.62. The number of nitrogens with zero attached hydrogens (tertiary/aromatic N) is 4. The van der Waals surface area contributed by atoms with Crippen molar-refractivity contribution in [3.05, 3.63) is 41.7 Å². The number of hydrogen-bond acceptors (Lipinski definition) is 5. The minimum atomic E-state index is -5.00. The van der Waals surface area contributed by atoms with E-state index in [0.29, 0.717) is 12.1 Å². The third-order valence-corrected chi connectivity index (χ3v) is 4.45. The van der Waals surface area contributed by atoms with E-state index in [9.17, 15) is 35.9 Å². The Kier molecular flexibility index (Phi) is 5.79. The molecular weight excluding hydrogens is 434 g/mol. The number of rotatable bonds is 4. The molecule has 2 heterocycles. The van der Waals surface area contributed by atoms with Gasteiger partial charge in [0.2, 0.25) is 5.91 Å². The van der Waals surface area contributed by atoms with Gasteiger partial charge in [-0.05, 0) is 18.2 Å². The minimum Gasteiger partial charge on any atom is -0.469 e. The van der Waals surface area contributed by atoms with Crippen molar-refractivity contribution in [3.8, 4) is 11.4 Å². The van der Waals surface area contributed by atoms with E-state index >= 15 is 0 Å². The van der Waals surface area contributed by atoms with Gasteiger partial charge < -0.3 is 9.64 Å². The summed E-state index contributed by atoms with van der Waals surface area (Å²) in [5.41, 5.74) is -3.46. The average molecular weight is 448 g/mol. The van der Waals surface area contributed by atoms with Crippen LogP contribution in [-0.2, 0) is 26.7 Å². The molecule has 0 aliphatic carbocycles. The molecule has 0 atom stereocenters. The van der Waals surface area contributed by atoms with Crippen LogP contribution >= 0.6 is 0 Å². The van der Waals surface area contributed by atoms with Crippen molar-refractivity contribution < 1.29 is 40.7 Å². The Labute approximate surface area is 170 Å². The first-order chi connectivity index (χ1) is 14.4. The van der Waals surface area contributed by atoms with Gasteiger partial charge in [-0.3, -0.25) is 9.59 Å². The average Bonchev–Trinajstić information content (AvgIpc) is 3.12. The first kappa shape index (κ1) is 22.3. The van der Waals surface area contributed by atoms with E-state index in [1.807, 2.05) is 0 Å². The fourth-order valence-electron chi connectivity index (χ4n) is 2.78. The van der Waals surface area contributed by atoms with Gasteiger partial charge in [-0.25, -0.2) is 9.67 Å². The predicted molar refractivity (Wildman–Crippen MR) is 92.9 cm³/mol. The Morgan fingerprint density at radius 2 is 1.65 bits per heavy atom.